The van der Waals surface area contributed by atoms with E-state index in [4.69, 9.17) is 4.74 Å². The van der Waals surface area contributed by atoms with Crippen molar-refractivity contribution in [2.75, 3.05) is 0 Å². The van der Waals surface area contributed by atoms with Gasteiger partial charge in [-0.1, -0.05) is 54.9 Å². The molecule has 0 amide bonds. The number of Topliss-reactive ketones (excluding diaryl/α,β-unsaturated/α-hetero) is 1. The van der Waals surface area contributed by atoms with Crippen molar-refractivity contribution < 1.29 is 29.6 Å². The fourth-order valence-electron chi connectivity index (χ4n) is 4.61. The largest absolute Gasteiger partial charge is 0.461 e. The number of esters is 1. The minimum absolute atomic E-state index is 0.0105. The van der Waals surface area contributed by atoms with Crippen molar-refractivity contribution in [1.82, 2.24) is 0 Å². The molecule has 0 bridgehead atoms. The summed E-state index contributed by atoms with van der Waals surface area (Å²) < 4.78 is 5.78. The van der Waals surface area contributed by atoms with Crippen LogP contribution in [0.15, 0.2) is 0 Å². The lowest BCUT2D eigenvalue weighted by Gasteiger charge is -2.37. The van der Waals surface area contributed by atoms with Gasteiger partial charge in [-0.05, 0) is 25.2 Å². The lowest BCUT2D eigenvalue weighted by Crippen LogP contribution is -2.47. The number of hydrogen-bond donors (Lipinski definition) is 3. The Bertz CT molecular complexity index is 549. The van der Waals surface area contributed by atoms with Crippen molar-refractivity contribution in [2.24, 2.45) is 41.4 Å². The van der Waals surface area contributed by atoms with Gasteiger partial charge in [0.05, 0.1) is 24.2 Å². The molecule has 0 aromatic rings. The molecule has 0 aromatic heterocycles. The Hall–Kier alpha value is -0.980. The quantitative estimate of drug-likeness (QED) is 0.600. The van der Waals surface area contributed by atoms with Crippen LogP contribution >= 0.6 is 0 Å². The molecule has 6 nitrogen and oxygen atoms in total. The van der Waals surface area contributed by atoms with Crippen LogP contribution in [-0.2, 0) is 14.3 Å². The van der Waals surface area contributed by atoms with E-state index in [1.54, 1.807) is 20.8 Å². The van der Waals surface area contributed by atoms with Gasteiger partial charge in [-0.3, -0.25) is 9.59 Å². The van der Waals surface area contributed by atoms with Gasteiger partial charge in [-0.2, -0.15) is 0 Å². The lowest BCUT2D eigenvalue weighted by molar-refractivity contribution is -0.170. The topological polar surface area (TPSA) is 104 Å². The van der Waals surface area contributed by atoms with Gasteiger partial charge in [-0.25, -0.2) is 0 Å². The lowest BCUT2D eigenvalue weighted by atomic mass is 9.76. The molecule has 0 saturated carbocycles. The molecule has 0 radical (unpaired) electrons. The van der Waals surface area contributed by atoms with Crippen molar-refractivity contribution in [3.05, 3.63) is 0 Å². The van der Waals surface area contributed by atoms with E-state index in [1.165, 1.54) is 0 Å². The van der Waals surface area contributed by atoms with Gasteiger partial charge >= 0.3 is 5.97 Å². The van der Waals surface area contributed by atoms with Crippen LogP contribution in [0.5, 0.6) is 0 Å². The maximum Gasteiger partial charge on any atom is 0.311 e. The molecule has 1 saturated heterocycles. The monoisotopic (exact) mass is 414 g/mol. The second-order valence-electron chi connectivity index (χ2n) is 9.57. The molecule has 0 aliphatic carbocycles. The summed E-state index contributed by atoms with van der Waals surface area (Å²) in [4.78, 5) is 25.7. The van der Waals surface area contributed by atoms with E-state index in [1.807, 2.05) is 34.6 Å². The fourth-order valence-corrected chi connectivity index (χ4v) is 4.61. The number of carbonyl (C=O) groups excluding carboxylic acids is 2. The van der Waals surface area contributed by atoms with Gasteiger partial charge in [0.2, 0.25) is 0 Å². The molecule has 2 unspecified atom stereocenters. The van der Waals surface area contributed by atoms with Gasteiger partial charge in [-0.15, -0.1) is 0 Å². The summed E-state index contributed by atoms with van der Waals surface area (Å²) >= 11 is 0. The van der Waals surface area contributed by atoms with E-state index < -0.39 is 54.1 Å². The van der Waals surface area contributed by atoms with E-state index in [9.17, 15) is 24.9 Å². The predicted molar refractivity (Wildman–Crippen MR) is 112 cm³/mol. The highest BCUT2D eigenvalue weighted by molar-refractivity contribution is 5.83. The third kappa shape index (κ3) is 6.02. The first-order valence-electron chi connectivity index (χ1n) is 11.1. The molecule has 170 valence electrons. The van der Waals surface area contributed by atoms with Gasteiger partial charge in [0.1, 0.15) is 11.9 Å². The normalized spacial score (nSPS) is 44.7. The molecule has 1 rings (SSSR count). The van der Waals surface area contributed by atoms with Crippen molar-refractivity contribution in [3.63, 3.8) is 0 Å². The molecular formula is C23H42O6. The van der Waals surface area contributed by atoms with Crippen LogP contribution in [0.3, 0.4) is 0 Å². The minimum Gasteiger partial charge on any atom is -0.461 e. The van der Waals surface area contributed by atoms with Crippen molar-refractivity contribution >= 4 is 11.8 Å². The van der Waals surface area contributed by atoms with E-state index in [0.29, 0.717) is 6.42 Å². The summed E-state index contributed by atoms with van der Waals surface area (Å²) in [5.74, 6) is -3.55. The number of rotatable bonds is 2. The second kappa shape index (κ2) is 10.9. The minimum atomic E-state index is -1.06. The van der Waals surface area contributed by atoms with Gasteiger partial charge < -0.3 is 20.1 Å². The summed E-state index contributed by atoms with van der Waals surface area (Å²) in [5, 5.41) is 32.3. The molecule has 6 heteroatoms. The Kier molecular flexibility index (Phi) is 9.77. The Morgan fingerprint density at radius 2 is 1.41 bits per heavy atom. The number of hydrogen-bond acceptors (Lipinski definition) is 6. The molecule has 1 heterocycles. The summed E-state index contributed by atoms with van der Waals surface area (Å²) in [6.45, 7) is 14.5. The number of cyclic esters (lactones) is 1. The zero-order chi connectivity index (χ0) is 22.6. The molecule has 11 atom stereocenters. The van der Waals surface area contributed by atoms with Crippen molar-refractivity contribution in [2.45, 2.75) is 92.6 Å². The van der Waals surface area contributed by atoms with Crippen molar-refractivity contribution in [1.29, 1.82) is 0 Å². The third-order valence-electron chi connectivity index (χ3n) is 7.23. The molecule has 0 spiro atoms. The molecule has 29 heavy (non-hydrogen) atoms. The molecular weight excluding hydrogens is 372 g/mol. The fraction of sp³-hybridized carbons (Fsp3) is 0.913. The number of carbonyl (C=O) groups is 2. The molecule has 1 aliphatic heterocycles. The summed E-state index contributed by atoms with van der Waals surface area (Å²) in [5.41, 5.74) is 0. The highest BCUT2D eigenvalue weighted by Crippen LogP contribution is 2.32. The Morgan fingerprint density at radius 1 is 0.897 bits per heavy atom. The van der Waals surface area contributed by atoms with E-state index in [-0.39, 0.29) is 23.5 Å². The average Bonchev–Trinajstić information content (AvgIpc) is 2.71. The van der Waals surface area contributed by atoms with Crippen LogP contribution in [0.2, 0.25) is 0 Å². The first-order valence-corrected chi connectivity index (χ1v) is 11.1. The van der Waals surface area contributed by atoms with Crippen LogP contribution in [0.1, 0.15) is 68.2 Å². The van der Waals surface area contributed by atoms with Crippen LogP contribution in [0, 0.1) is 41.4 Å². The summed E-state index contributed by atoms with van der Waals surface area (Å²) in [7, 11) is 0. The molecule has 1 fully saturated rings. The smallest absolute Gasteiger partial charge is 0.311 e. The number of aliphatic hydroxyl groups excluding tert-OH is 3. The highest BCUT2D eigenvalue weighted by atomic mass is 16.5. The zero-order valence-corrected chi connectivity index (χ0v) is 19.3. The summed E-state index contributed by atoms with van der Waals surface area (Å²) in [6.07, 6.45) is -2.23. The van der Waals surface area contributed by atoms with Crippen molar-refractivity contribution in [3.8, 4) is 0 Å². The number of ketones is 1. The summed E-state index contributed by atoms with van der Waals surface area (Å²) in [6, 6.07) is 0. The number of ether oxygens (including phenoxy) is 1. The Labute approximate surface area is 176 Å². The van der Waals surface area contributed by atoms with Crippen LogP contribution < -0.4 is 0 Å². The highest BCUT2D eigenvalue weighted by Gasteiger charge is 2.41. The average molecular weight is 415 g/mol. The second-order valence-corrected chi connectivity index (χ2v) is 9.57. The first-order chi connectivity index (χ1) is 13.3. The van der Waals surface area contributed by atoms with E-state index >= 15 is 0 Å². The van der Waals surface area contributed by atoms with Gasteiger partial charge in [0.25, 0.3) is 0 Å². The van der Waals surface area contributed by atoms with E-state index in [2.05, 4.69) is 0 Å². The first kappa shape index (κ1) is 26.1. The van der Waals surface area contributed by atoms with Crippen LogP contribution in [0.4, 0.5) is 0 Å². The Balaban J connectivity index is 3.32. The maximum absolute atomic E-state index is 12.9. The molecule has 0 aromatic carbocycles. The van der Waals surface area contributed by atoms with Crippen LogP contribution in [0.25, 0.3) is 0 Å². The van der Waals surface area contributed by atoms with Gasteiger partial charge in [0.15, 0.2) is 0 Å². The molecule has 1 aliphatic rings. The maximum atomic E-state index is 12.9. The third-order valence-corrected chi connectivity index (χ3v) is 7.23. The standard InChI is InChI=1S/C23H42O6/c1-9-11(2)22-16(7)20(26)14(5)18(24)12(3)10-13(4)19(25)15(6)21(27)17(8)23(28)29-22/h11-17,19-22,25-27H,9-10H2,1-8H3/t11-,12-,13?,14+,15-,16-,17-,19+,20-,21+,22?/m1/s1. The SMILES string of the molecule is CC[C@@H](C)C1OC(=O)[C@H](C)[C@@H](O)[C@H](C)[C@@H](O)C(C)C[C@@H](C)C(=O)[C@H](C)[C@@H](O)[C@H]1C. The zero-order valence-electron chi connectivity index (χ0n) is 19.3. The molecule has 3 N–H and O–H groups in total. The van der Waals surface area contributed by atoms with E-state index in [0.717, 1.165) is 6.42 Å². The Morgan fingerprint density at radius 3 is 1.93 bits per heavy atom. The van der Waals surface area contributed by atoms with Gasteiger partial charge in [0, 0.05) is 23.7 Å². The predicted octanol–water partition coefficient (Wildman–Crippen LogP) is 2.82. The number of aliphatic hydroxyl groups is 3. The van der Waals surface area contributed by atoms with Crippen LogP contribution in [-0.4, -0.2) is 51.5 Å².